The van der Waals surface area contributed by atoms with Crippen molar-refractivity contribution in [3.63, 3.8) is 0 Å². The Bertz CT molecular complexity index is 221. The van der Waals surface area contributed by atoms with E-state index in [1.807, 2.05) is 0 Å². The molecular formula is C10H16F3NO. The minimum Gasteiger partial charge on any atom is -0.338 e. The first-order valence-electron chi connectivity index (χ1n) is 5.23. The smallest absolute Gasteiger partial charge is 0.338 e. The summed E-state index contributed by atoms with van der Waals surface area (Å²) in [7, 11) is 1.23. The average Bonchev–Trinajstić information content (AvgIpc) is 2.16. The van der Waals surface area contributed by atoms with E-state index in [0.717, 1.165) is 37.0 Å². The zero-order chi connectivity index (χ0) is 11.5. The van der Waals surface area contributed by atoms with E-state index in [2.05, 4.69) is 0 Å². The average molecular weight is 223 g/mol. The quantitative estimate of drug-likeness (QED) is 0.704. The van der Waals surface area contributed by atoms with Crippen LogP contribution in [0.15, 0.2) is 0 Å². The molecule has 0 spiro atoms. The number of carbonyl (C=O) groups is 1. The van der Waals surface area contributed by atoms with Gasteiger partial charge in [0.25, 0.3) is 0 Å². The molecule has 1 amide bonds. The molecule has 0 unspecified atom stereocenters. The van der Waals surface area contributed by atoms with Crippen LogP contribution >= 0.6 is 0 Å². The molecule has 1 saturated carbocycles. The number of halogens is 3. The van der Waals surface area contributed by atoms with Gasteiger partial charge in [-0.05, 0) is 18.8 Å². The summed E-state index contributed by atoms with van der Waals surface area (Å²) >= 11 is 0. The topological polar surface area (TPSA) is 20.3 Å². The van der Waals surface area contributed by atoms with E-state index in [0.29, 0.717) is 0 Å². The molecule has 1 rings (SSSR count). The molecule has 2 nitrogen and oxygen atoms in total. The predicted molar refractivity (Wildman–Crippen MR) is 50.3 cm³/mol. The summed E-state index contributed by atoms with van der Waals surface area (Å²) in [5.41, 5.74) is 0. The van der Waals surface area contributed by atoms with E-state index < -0.39 is 12.1 Å². The van der Waals surface area contributed by atoms with Crippen LogP contribution in [0.4, 0.5) is 13.2 Å². The minimum absolute atomic E-state index is 0.234. The molecule has 5 heteroatoms. The van der Waals surface area contributed by atoms with E-state index in [1.165, 1.54) is 7.05 Å². The van der Waals surface area contributed by atoms with Crippen molar-refractivity contribution in [3.05, 3.63) is 0 Å². The van der Waals surface area contributed by atoms with Crippen LogP contribution < -0.4 is 0 Å². The molecule has 88 valence electrons. The fourth-order valence-electron chi connectivity index (χ4n) is 2.06. The highest BCUT2D eigenvalue weighted by atomic mass is 19.4. The molecule has 1 fully saturated rings. The van der Waals surface area contributed by atoms with Crippen molar-refractivity contribution in [2.75, 3.05) is 13.6 Å². The normalized spacial score (nSPS) is 18.9. The number of nitrogens with zero attached hydrogens (tertiary/aromatic N) is 1. The highest BCUT2D eigenvalue weighted by Crippen LogP contribution is 2.25. The number of hydrogen-bond acceptors (Lipinski definition) is 1. The lowest BCUT2D eigenvalue weighted by atomic mass is 9.89. The van der Waals surface area contributed by atoms with Crippen molar-refractivity contribution >= 4 is 5.91 Å². The first-order valence-corrected chi connectivity index (χ1v) is 5.23. The number of rotatable bonds is 2. The summed E-state index contributed by atoms with van der Waals surface area (Å²) in [4.78, 5) is 11.6. The van der Waals surface area contributed by atoms with Gasteiger partial charge in [0, 0.05) is 13.6 Å². The predicted octanol–water partition coefficient (Wildman–Crippen LogP) is 2.59. The van der Waals surface area contributed by atoms with Gasteiger partial charge in [-0.1, -0.05) is 19.3 Å². The number of carbonyl (C=O) groups excluding carboxylic acids is 1. The Morgan fingerprint density at radius 2 is 1.80 bits per heavy atom. The minimum atomic E-state index is -4.73. The second-order valence-corrected chi connectivity index (χ2v) is 4.19. The second kappa shape index (κ2) is 4.86. The third kappa shape index (κ3) is 3.72. The van der Waals surface area contributed by atoms with Crippen LogP contribution in [0.3, 0.4) is 0 Å². The molecule has 0 atom stereocenters. The van der Waals surface area contributed by atoms with Crippen molar-refractivity contribution < 1.29 is 18.0 Å². The van der Waals surface area contributed by atoms with Crippen LogP contribution in [-0.2, 0) is 4.79 Å². The third-order valence-electron chi connectivity index (χ3n) is 2.85. The Kier molecular flexibility index (Phi) is 3.99. The molecule has 15 heavy (non-hydrogen) atoms. The maximum atomic E-state index is 12.1. The first-order chi connectivity index (χ1) is 6.91. The first kappa shape index (κ1) is 12.3. The molecule has 0 radical (unpaired) electrons. The second-order valence-electron chi connectivity index (χ2n) is 4.19. The molecule has 0 bridgehead atoms. The van der Waals surface area contributed by atoms with E-state index in [1.54, 1.807) is 0 Å². The molecular weight excluding hydrogens is 207 g/mol. The van der Waals surface area contributed by atoms with Crippen molar-refractivity contribution in [1.82, 2.24) is 4.90 Å². The van der Waals surface area contributed by atoms with Crippen molar-refractivity contribution in [1.29, 1.82) is 0 Å². The highest BCUT2D eigenvalue weighted by molar-refractivity contribution is 5.81. The van der Waals surface area contributed by atoms with Gasteiger partial charge in [-0.3, -0.25) is 4.79 Å². The molecule has 0 aromatic carbocycles. The summed E-state index contributed by atoms with van der Waals surface area (Å²) in [6, 6.07) is 0. The Labute approximate surface area is 87.4 Å². The van der Waals surface area contributed by atoms with Gasteiger partial charge >= 0.3 is 12.1 Å². The Balaban J connectivity index is 2.40. The maximum Gasteiger partial charge on any atom is 0.471 e. The summed E-state index contributed by atoms with van der Waals surface area (Å²) in [5.74, 6) is -1.48. The Hall–Kier alpha value is -0.740. The van der Waals surface area contributed by atoms with Crippen molar-refractivity contribution in [2.45, 2.75) is 38.3 Å². The molecule has 0 saturated heterocycles. The lowest BCUT2D eigenvalue weighted by molar-refractivity contribution is -0.184. The van der Waals surface area contributed by atoms with Gasteiger partial charge in [0.05, 0.1) is 0 Å². The molecule has 0 N–H and O–H groups in total. The zero-order valence-electron chi connectivity index (χ0n) is 8.81. The van der Waals surface area contributed by atoms with Crippen LogP contribution in [0.25, 0.3) is 0 Å². The molecule has 0 aromatic rings. The standard InChI is InChI=1S/C10H16F3NO/c1-14(9(15)10(11,12)13)7-8-5-3-2-4-6-8/h8H,2-7H2,1H3. The van der Waals surface area contributed by atoms with Gasteiger partial charge in [0.1, 0.15) is 0 Å². The Morgan fingerprint density at radius 3 is 2.27 bits per heavy atom. The van der Waals surface area contributed by atoms with E-state index in [-0.39, 0.29) is 12.5 Å². The SMILES string of the molecule is CN(CC1CCCCC1)C(=O)C(F)(F)F. The van der Waals surface area contributed by atoms with Crippen molar-refractivity contribution in [3.8, 4) is 0 Å². The van der Waals surface area contributed by atoms with Crippen LogP contribution in [-0.4, -0.2) is 30.6 Å². The monoisotopic (exact) mass is 223 g/mol. The summed E-state index contributed by atoms with van der Waals surface area (Å²) in [6.45, 7) is 0.234. The summed E-state index contributed by atoms with van der Waals surface area (Å²) in [6.07, 6.45) is 0.444. The van der Waals surface area contributed by atoms with Crippen LogP contribution in [0, 0.1) is 5.92 Å². The van der Waals surface area contributed by atoms with Gasteiger partial charge in [-0.15, -0.1) is 0 Å². The highest BCUT2D eigenvalue weighted by Gasteiger charge is 2.41. The van der Waals surface area contributed by atoms with Gasteiger partial charge in [-0.2, -0.15) is 13.2 Å². The maximum absolute atomic E-state index is 12.1. The van der Waals surface area contributed by atoms with E-state index in [4.69, 9.17) is 0 Å². The summed E-state index contributed by atoms with van der Waals surface area (Å²) < 4.78 is 36.2. The fourth-order valence-corrected chi connectivity index (χ4v) is 2.06. The summed E-state index contributed by atoms with van der Waals surface area (Å²) in [5, 5.41) is 0. The molecule has 1 aliphatic carbocycles. The fraction of sp³-hybridized carbons (Fsp3) is 0.900. The molecule has 0 heterocycles. The lowest BCUT2D eigenvalue weighted by Gasteiger charge is -2.27. The van der Waals surface area contributed by atoms with Gasteiger partial charge in [-0.25, -0.2) is 0 Å². The van der Waals surface area contributed by atoms with Gasteiger partial charge in [0.15, 0.2) is 0 Å². The van der Waals surface area contributed by atoms with Crippen molar-refractivity contribution in [2.24, 2.45) is 5.92 Å². The number of hydrogen-bond donors (Lipinski definition) is 0. The molecule has 0 aromatic heterocycles. The van der Waals surface area contributed by atoms with Crippen LogP contribution in [0.1, 0.15) is 32.1 Å². The van der Waals surface area contributed by atoms with E-state index >= 15 is 0 Å². The Morgan fingerprint density at radius 1 is 1.27 bits per heavy atom. The zero-order valence-corrected chi connectivity index (χ0v) is 8.81. The molecule has 0 aliphatic heterocycles. The number of amides is 1. The van der Waals surface area contributed by atoms with Gasteiger partial charge in [0.2, 0.25) is 0 Å². The number of alkyl halides is 3. The largest absolute Gasteiger partial charge is 0.471 e. The lowest BCUT2D eigenvalue weighted by Crippen LogP contribution is -2.41. The third-order valence-corrected chi connectivity index (χ3v) is 2.85. The molecule has 1 aliphatic rings. The van der Waals surface area contributed by atoms with E-state index in [9.17, 15) is 18.0 Å². The van der Waals surface area contributed by atoms with Crippen LogP contribution in [0.5, 0.6) is 0 Å². The van der Waals surface area contributed by atoms with Crippen LogP contribution in [0.2, 0.25) is 0 Å². The van der Waals surface area contributed by atoms with Gasteiger partial charge < -0.3 is 4.90 Å².